The zero-order valence-electron chi connectivity index (χ0n) is 6.46. The van der Waals surface area contributed by atoms with Gasteiger partial charge in [0.1, 0.15) is 0 Å². The summed E-state index contributed by atoms with van der Waals surface area (Å²) in [6.07, 6.45) is 0. The molecule has 0 saturated carbocycles. The smallest absolute Gasteiger partial charge is 1.00 e. The summed E-state index contributed by atoms with van der Waals surface area (Å²) in [5.41, 5.74) is 30.0. The van der Waals surface area contributed by atoms with Crippen LogP contribution in [0.4, 0.5) is 0 Å². The molecule has 0 aliphatic rings. The standard InChI is InChI=1S/C2H12N6.Na.H/c3-1(4,5)2(6,7)8;;/h3-8H2;;/q;+1;-1. The van der Waals surface area contributed by atoms with E-state index >= 15 is 0 Å². The fraction of sp³-hybridized carbons (Fsp3) is 1.00. The van der Waals surface area contributed by atoms with Crippen LogP contribution in [-0.2, 0) is 0 Å². The van der Waals surface area contributed by atoms with Crippen LogP contribution in [0.1, 0.15) is 1.43 Å². The van der Waals surface area contributed by atoms with Crippen molar-refractivity contribution < 1.29 is 31.0 Å². The van der Waals surface area contributed by atoms with Crippen LogP contribution in [0.3, 0.4) is 0 Å². The monoisotopic (exact) mass is 144 g/mol. The fourth-order valence-corrected chi connectivity index (χ4v) is 0. The molecule has 0 amide bonds. The first kappa shape index (κ1) is 12.4. The normalized spacial score (nSPS) is 12.7. The van der Waals surface area contributed by atoms with Crippen LogP contribution < -0.4 is 64.0 Å². The van der Waals surface area contributed by atoms with Gasteiger partial charge in [0, 0.05) is 0 Å². The summed E-state index contributed by atoms with van der Waals surface area (Å²) >= 11 is 0. The van der Waals surface area contributed by atoms with Crippen LogP contribution in [0.2, 0.25) is 0 Å². The van der Waals surface area contributed by atoms with E-state index in [1.165, 1.54) is 0 Å². The van der Waals surface area contributed by atoms with Gasteiger partial charge in [-0.3, -0.25) is 34.4 Å². The van der Waals surface area contributed by atoms with Crippen LogP contribution in [0.25, 0.3) is 0 Å². The van der Waals surface area contributed by atoms with Crippen molar-refractivity contribution >= 4 is 0 Å². The van der Waals surface area contributed by atoms with Gasteiger partial charge < -0.3 is 1.43 Å². The molecule has 0 radical (unpaired) electrons. The number of hydrogen-bond acceptors (Lipinski definition) is 6. The minimum Gasteiger partial charge on any atom is -1.00 e. The Morgan fingerprint density at radius 3 is 0.778 bits per heavy atom. The topological polar surface area (TPSA) is 156 Å². The molecule has 0 spiro atoms. The van der Waals surface area contributed by atoms with E-state index in [1.54, 1.807) is 0 Å². The second-order valence-electron chi connectivity index (χ2n) is 1.87. The third-order valence-electron chi connectivity index (χ3n) is 0.750. The van der Waals surface area contributed by atoms with E-state index in [-0.39, 0.29) is 31.0 Å². The van der Waals surface area contributed by atoms with Crippen LogP contribution in [0.5, 0.6) is 0 Å². The molecule has 0 heterocycles. The molecule has 0 aliphatic carbocycles. The van der Waals surface area contributed by atoms with Gasteiger partial charge in [-0.25, -0.2) is 0 Å². The van der Waals surface area contributed by atoms with Crippen molar-refractivity contribution in [3.63, 3.8) is 0 Å². The van der Waals surface area contributed by atoms with E-state index in [0.717, 1.165) is 0 Å². The first-order chi connectivity index (χ1) is 3.25. The van der Waals surface area contributed by atoms with Crippen molar-refractivity contribution in [2.75, 3.05) is 0 Å². The Hall–Kier alpha value is 0.760. The minimum absolute atomic E-state index is 0. The second kappa shape index (κ2) is 3.24. The summed E-state index contributed by atoms with van der Waals surface area (Å²) in [6.45, 7) is 0. The molecule has 0 saturated heterocycles. The quantitative estimate of drug-likeness (QED) is 0.158. The third-order valence-corrected chi connectivity index (χ3v) is 0.750. The van der Waals surface area contributed by atoms with Gasteiger partial charge in [-0.15, -0.1) is 0 Å². The summed E-state index contributed by atoms with van der Waals surface area (Å²) in [6, 6.07) is 0. The Kier molecular flexibility index (Phi) is 4.48. The van der Waals surface area contributed by atoms with Gasteiger partial charge in [-0.1, -0.05) is 0 Å². The molecule has 0 bridgehead atoms. The molecule has 0 rings (SSSR count). The number of rotatable bonds is 1. The largest absolute Gasteiger partial charge is 1.00 e. The van der Waals surface area contributed by atoms with E-state index in [9.17, 15) is 0 Å². The van der Waals surface area contributed by atoms with E-state index in [1.807, 2.05) is 0 Å². The molecule has 0 unspecified atom stereocenters. The minimum atomic E-state index is -1.73. The molecular weight excluding hydrogens is 131 g/mol. The van der Waals surface area contributed by atoms with Crippen molar-refractivity contribution in [3.8, 4) is 0 Å². The summed E-state index contributed by atoms with van der Waals surface area (Å²) in [5, 5.41) is 0. The SMILES string of the molecule is NC(N)(N)C(N)(N)N.[H-].[Na+]. The second-order valence-corrected chi connectivity index (χ2v) is 1.87. The Morgan fingerprint density at radius 1 is 0.667 bits per heavy atom. The van der Waals surface area contributed by atoms with Crippen LogP contribution in [0.15, 0.2) is 0 Å². The maximum Gasteiger partial charge on any atom is 1.00 e. The Labute approximate surface area is 77.0 Å². The van der Waals surface area contributed by atoms with Crippen molar-refractivity contribution in [1.29, 1.82) is 0 Å². The van der Waals surface area contributed by atoms with Gasteiger partial charge >= 0.3 is 29.6 Å². The van der Waals surface area contributed by atoms with Gasteiger partial charge in [-0.05, 0) is 0 Å². The maximum absolute atomic E-state index is 4.99. The van der Waals surface area contributed by atoms with Gasteiger partial charge in [0.05, 0.1) is 0 Å². The number of hydrogen-bond donors (Lipinski definition) is 6. The molecular formula is C2H13N6Na. The molecule has 52 valence electrons. The molecule has 0 aromatic rings. The maximum atomic E-state index is 4.99. The zero-order chi connectivity index (χ0) is 7.00. The molecule has 0 aromatic heterocycles. The zero-order valence-corrected chi connectivity index (χ0v) is 7.46. The summed E-state index contributed by atoms with van der Waals surface area (Å²) < 4.78 is 0. The van der Waals surface area contributed by atoms with E-state index in [0.29, 0.717) is 0 Å². The predicted molar refractivity (Wildman–Crippen MR) is 31.7 cm³/mol. The average molecular weight is 144 g/mol. The fourth-order valence-electron chi connectivity index (χ4n) is 0. The Morgan fingerprint density at radius 2 is 0.778 bits per heavy atom. The predicted octanol–water partition coefficient (Wildman–Crippen LogP) is -6.84. The summed E-state index contributed by atoms with van der Waals surface area (Å²) in [4.78, 5) is 0. The van der Waals surface area contributed by atoms with Crippen molar-refractivity contribution in [3.05, 3.63) is 0 Å². The molecule has 9 heavy (non-hydrogen) atoms. The molecule has 12 N–H and O–H groups in total. The third kappa shape index (κ3) is 4.20. The first-order valence-corrected chi connectivity index (χ1v) is 1.98. The summed E-state index contributed by atoms with van der Waals surface area (Å²) in [7, 11) is 0. The molecule has 7 heteroatoms. The molecule has 0 aromatic carbocycles. The Balaban J connectivity index is -0.000000245. The van der Waals surface area contributed by atoms with E-state index < -0.39 is 11.6 Å². The molecule has 6 nitrogen and oxygen atoms in total. The van der Waals surface area contributed by atoms with Gasteiger partial charge in [-0.2, -0.15) is 0 Å². The van der Waals surface area contributed by atoms with Crippen LogP contribution in [-0.4, -0.2) is 11.6 Å². The van der Waals surface area contributed by atoms with Crippen molar-refractivity contribution in [2.24, 2.45) is 34.4 Å². The molecule has 0 fully saturated rings. The van der Waals surface area contributed by atoms with Crippen molar-refractivity contribution in [2.45, 2.75) is 11.6 Å². The first-order valence-electron chi connectivity index (χ1n) is 1.98. The van der Waals surface area contributed by atoms with Crippen LogP contribution in [0, 0.1) is 0 Å². The van der Waals surface area contributed by atoms with E-state index in [2.05, 4.69) is 0 Å². The number of nitrogens with two attached hydrogens (primary N) is 6. The van der Waals surface area contributed by atoms with Crippen LogP contribution >= 0.6 is 0 Å². The van der Waals surface area contributed by atoms with E-state index in [4.69, 9.17) is 34.4 Å². The molecule has 0 aliphatic heterocycles. The van der Waals surface area contributed by atoms with Gasteiger partial charge in [0.2, 0.25) is 0 Å². The Bertz CT molecular complexity index is 70.7. The van der Waals surface area contributed by atoms with Crippen molar-refractivity contribution in [1.82, 2.24) is 0 Å². The average Bonchev–Trinajstić information content (AvgIpc) is 1.25. The summed E-state index contributed by atoms with van der Waals surface area (Å²) in [5.74, 6) is -3.46. The van der Waals surface area contributed by atoms with Gasteiger partial charge in [0.15, 0.2) is 11.6 Å². The van der Waals surface area contributed by atoms with Gasteiger partial charge in [0.25, 0.3) is 0 Å². The molecule has 0 atom stereocenters.